The first-order valence-electron chi connectivity index (χ1n) is 4.91. The van der Waals surface area contributed by atoms with E-state index in [1.54, 1.807) is 0 Å². The lowest BCUT2D eigenvalue weighted by Gasteiger charge is -2.28. The van der Waals surface area contributed by atoms with Gasteiger partial charge in [0.2, 0.25) is 0 Å². The van der Waals surface area contributed by atoms with Crippen molar-refractivity contribution in [2.24, 2.45) is 5.84 Å². The van der Waals surface area contributed by atoms with Crippen LogP contribution in [0.1, 0.15) is 31.2 Å². The average molecular weight is 176 g/mol. The van der Waals surface area contributed by atoms with Gasteiger partial charge >= 0.3 is 0 Å². The predicted octanol–water partition coefficient (Wildman–Crippen LogP) is 1.92. The Kier molecular flexibility index (Phi) is 2.34. The molecule has 0 bridgehead atoms. The molecule has 2 rings (SSSR count). The Labute approximate surface area is 79.1 Å². The second-order valence-electron chi connectivity index (χ2n) is 3.80. The van der Waals surface area contributed by atoms with Gasteiger partial charge in [0.15, 0.2) is 0 Å². The Balaban J connectivity index is 2.31. The molecule has 0 amide bonds. The molecule has 0 aromatic heterocycles. The summed E-state index contributed by atoms with van der Waals surface area (Å²) in [6.07, 6.45) is 4.87. The van der Waals surface area contributed by atoms with Gasteiger partial charge in [0.1, 0.15) is 0 Å². The Morgan fingerprint density at radius 2 is 1.69 bits per heavy atom. The maximum Gasteiger partial charge on any atom is 0.0569 e. The molecule has 1 aromatic rings. The fourth-order valence-corrected chi connectivity index (χ4v) is 2.25. The van der Waals surface area contributed by atoms with Crippen LogP contribution in [0, 0.1) is 0 Å². The smallest absolute Gasteiger partial charge is 0.0569 e. The molecule has 0 atom stereocenters. The van der Waals surface area contributed by atoms with Crippen LogP contribution in [0.3, 0.4) is 0 Å². The second-order valence-corrected chi connectivity index (χ2v) is 3.80. The third-order valence-electron chi connectivity index (χ3n) is 3.06. The largest absolute Gasteiger partial charge is 0.271 e. The minimum Gasteiger partial charge on any atom is -0.271 e. The topological polar surface area (TPSA) is 38.0 Å². The Bertz CT molecular complexity index is 263. The molecule has 70 valence electrons. The van der Waals surface area contributed by atoms with Gasteiger partial charge in [0.25, 0.3) is 0 Å². The molecule has 3 N–H and O–H groups in total. The first-order valence-corrected chi connectivity index (χ1v) is 4.91. The Hall–Kier alpha value is -0.860. The normalized spacial score (nSPS) is 20.4. The van der Waals surface area contributed by atoms with Crippen LogP contribution < -0.4 is 11.3 Å². The third-order valence-corrected chi connectivity index (χ3v) is 3.06. The summed E-state index contributed by atoms with van der Waals surface area (Å²) in [5.74, 6) is 5.65. The molecule has 0 saturated heterocycles. The molecule has 0 unspecified atom stereocenters. The highest BCUT2D eigenvalue weighted by Crippen LogP contribution is 2.37. The van der Waals surface area contributed by atoms with E-state index in [-0.39, 0.29) is 5.54 Å². The van der Waals surface area contributed by atoms with Gasteiger partial charge in [-0.1, -0.05) is 43.2 Å². The molecule has 0 spiro atoms. The maximum atomic E-state index is 5.65. The number of benzene rings is 1. The summed E-state index contributed by atoms with van der Waals surface area (Å²) in [7, 11) is 0. The fourth-order valence-electron chi connectivity index (χ4n) is 2.25. The zero-order valence-electron chi connectivity index (χ0n) is 7.79. The molecule has 0 heterocycles. The molecular weight excluding hydrogens is 160 g/mol. The van der Waals surface area contributed by atoms with Gasteiger partial charge in [-0.05, 0) is 18.4 Å². The van der Waals surface area contributed by atoms with E-state index in [0.717, 1.165) is 12.8 Å². The molecule has 1 saturated carbocycles. The van der Waals surface area contributed by atoms with Crippen molar-refractivity contribution in [2.45, 2.75) is 31.2 Å². The first kappa shape index (κ1) is 8.73. The van der Waals surface area contributed by atoms with Crippen LogP contribution in [-0.2, 0) is 5.54 Å². The van der Waals surface area contributed by atoms with Crippen LogP contribution >= 0.6 is 0 Å². The number of hydrogen-bond acceptors (Lipinski definition) is 2. The fraction of sp³-hybridized carbons (Fsp3) is 0.455. The molecule has 1 aliphatic carbocycles. The van der Waals surface area contributed by atoms with Crippen molar-refractivity contribution in [2.75, 3.05) is 0 Å². The van der Waals surface area contributed by atoms with Crippen LogP contribution in [0.5, 0.6) is 0 Å². The summed E-state index contributed by atoms with van der Waals surface area (Å²) < 4.78 is 0. The van der Waals surface area contributed by atoms with Gasteiger partial charge < -0.3 is 0 Å². The van der Waals surface area contributed by atoms with E-state index in [1.807, 2.05) is 6.07 Å². The Morgan fingerprint density at radius 1 is 1.08 bits per heavy atom. The van der Waals surface area contributed by atoms with E-state index in [0.29, 0.717) is 0 Å². The minimum absolute atomic E-state index is 0.0568. The summed E-state index contributed by atoms with van der Waals surface area (Å²) in [4.78, 5) is 0. The highest BCUT2D eigenvalue weighted by molar-refractivity contribution is 5.25. The monoisotopic (exact) mass is 176 g/mol. The summed E-state index contributed by atoms with van der Waals surface area (Å²) in [5.41, 5.74) is 4.38. The number of rotatable bonds is 2. The molecule has 13 heavy (non-hydrogen) atoms. The first-order chi connectivity index (χ1) is 6.37. The van der Waals surface area contributed by atoms with Crippen molar-refractivity contribution >= 4 is 0 Å². The van der Waals surface area contributed by atoms with E-state index < -0.39 is 0 Å². The summed E-state index contributed by atoms with van der Waals surface area (Å²) in [5, 5.41) is 0. The van der Waals surface area contributed by atoms with Crippen LogP contribution in [0.25, 0.3) is 0 Å². The summed E-state index contributed by atoms with van der Waals surface area (Å²) >= 11 is 0. The van der Waals surface area contributed by atoms with Crippen LogP contribution in [0.2, 0.25) is 0 Å². The zero-order chi connectivity index (χ0) is 9.15. The lowest BCUT2D eigenvalue weighted by molar-refractivity contribution is 0.349. The van der Waals surface area contributed by atoms with Gasteiger partial charge in [0.05, 0.1) is 5.54 Å². The van der Waals surface area contributed by atoms with Gasteiger partial charge in [-0.25, -0.2) is 5.43 Å². The predicted molar refractivity (Wildman–Crippen MR) is 53.9 cm³/mol. The SMILES string of the molecule is NNC1(c2ccccc2)CCCC1. The molecule has 0 aliphatic heterocycles. The van der Waals surface area contributed by atoms with E-state index in [4.69, 9.17) is 5.84 Å². The molecule has 2 nitrogen and oxygen atoms in total. The molecular formula is C11H16N2. The summed E-state index contributed by atoms with van der Waals surface area (Å²) in [6, 6.07) is 10.5. The van der Waals surface area contributed by atoms with Gasteiger partial charge in [-0.15, -0.1) is 0 Å². The van der Waals surface area contributed by atoms with Crippen molar-refractivity contribution in [1.29, 1.82) is 0 Å². The van der Waals surface area contributed by atoms with Gasteiger partial charge in [0, 0.05) is 0 Å². The number of hydrogen-bond donors (Lipinski definition) is 2. The molecule has 1 aliphatic rings. The standard InChI is InChI=1S/C11H16N2/c12-13-11(8-4-5-9-11)10-6-2-1-3-7-10/h1-3,6-7,13H,4-5,8-9,12H2. The van der Waals surface area contributed by atoms with Crippen molar-refractivity contribution in [3.63, 3.8) is 0 Å². The van der Waals surface area contributed by atoms with Crippen molar-refractivity contribution in [1.82, 2.24) is 5.43 Å². The number of nitrogens with two attached hydrogens (primary N) is 1. The lowest BCUT2D eigenvalue weighted by atomic mass is 9.89. The highest BCUT2D eigenvalue weighted by atomic mass is 15.3. The zero-order valence-corrected chi connectivity index (χ0v) is 7.79. The van der Waals surface area contributed by atoms with Gasteiger partial charge in [-0.2, -0.15) is 0 Å². The van der Waals surface area contributed by atoms with Gasteiger partial charge in [-0.3, -0.25) is 5.84 Å². The summed E-state index contributed by atoms with van der Waals surface area (Å²) in [6.45, 7) is 0. The van der Waals surface area contributed by atoms with E-state index in [1.165, 1.54) is 18.4 Å². The van der Waals surface area contributed by atoms with Crippen molar-refractivity contribution in [3.8, 4) is 0 Å². The average Bonchev–Trinajstić information content (AvgIpc) is 2.69. The van der Waals surface area contributed by atoms with E-state index in [2.05, 4.69) is 29.7 Å². The minimum atomic E-state index is 0.0568. The number of nitrogens with one attached hydrogen (secondary N) is 1. The molecule has 0 radical (unpaired) electrons. The molecule has 2 heteroatoms. The van der Waals surface area contributed by atoms with Crippen LogP contribution in [0.4, 0.5) is 0 Å². The molecule has 1 fully saturated rings. The van der Waals surface area contributed by atoms with E-state index in [9.17, 15) is 0 Å². The van der Waals surface area contributed by atoms with Crippen LogP contribution in [0.15, 0.2) is 30.3 Å². The third kappa shape index (κ3) is 1.47. The molecule has 1 aromatic carbocycles. The lowest BCUT2D eigenvalue weighted by Crippen LogP contribution is -2.44. The quantitative estimate of drug-likeness (QED) is 0.533. The maximum absolute atomic E-state index is 5.65. The second kappa shape index (κ2) is 3.48. The Morgan fingerprint density at radius 3 is 2.23 bits per heavy atom. The van der Waals surface area contributed by atoms with E-state index >= 15 is 0 Å². The number of hydrazine groups is 1. The highest BCUT2D eigenvalue weighted by Gasteiger charge is 2.33. The van der Waals surface area contributed by atoms with Crippen molar-refractivity contribution in [3.05, 3.63) is 35.9 Å². The van der Waals surface area contributed by atoms with Crippen molar-refractivity contribution < 1.29 is 0 Å². The van der Waals surface area contributed by atoms with Crippen LogP contribution in [-0.4, -0.2) is 0 Å².